The molecule has 3 aromatic rings. The first-order valence-corrected chi connectivity index (χ1v) is 7.23. The number of aromatic nitrogens is 4. The standard InChI is InChI=1S/C16H16N6O/c1-2-16(23)21-13-6-4-12(5-7-13)20-14-10-15(18-11-17-14)22-9-3-8-19-22/h3-11H,2H2,1H3,(H,21,23)(H,17,18,20). The molecule has 0 spiro atoms. The molecule has 23 heavy (non-hydrogen) atoms. The number of nitrogens with one attached hydrogen (secondary N) is 2. The third-order valence-electron chi connectivity index (χ3n) is 3.15. The Labute approximate surface area is 133 Å². The van der Waals surface area contributed by atoms with Gasteiger partial charge in [0.15, 0.2) is 5.82 Å². The molecule has 0 radical (unpaired) electrons. The molecule has 0 aliphatic heterocycles. The lowest BCUT2D eigenvalue weighted by atomic mass is 10.2. The molecule has 3 rings (SSSR count). The fraction of sp³-hybridized carbons (Fsp3) is 0.125. The molecule has 1 amide bonds. The van der Waals surface area contributed by atoms with Crippen LogP contribution in [-0.2, 0) is 4.79 Å². The Hall–Kier alpha value is -3.22. The molecule has 1 aromatic carbocycles. The van der Waals surface area contributed by atoms with Gasteiger partial charge in [-0.3, -0.25) is 4.79 Å². The predicted octanol–water partition coefficient (Wildman–Crippen LogP) is 2.75. The van der Waals surface area contributed by atoms with Gasteiger partial charge < -0.3 is 10.6 Å². The van der Waals surface area contributed by atoms with Crippen molar-refractivity contribution in [1.29, 1.82) is 0 Å². The first-order valence-electron chi connectivity index (χ1n) is 7.23. The highest BCUT2D eigenvalue weighted by Gasteiger charge is 2.03. The Bertz CT molecular complexity index is 783. The molecule has 0 aliphatic rings. The van der Waals surface area contributed by atoms with Gasteiger partial charge >= 0.3 is 0 Å². The highest BCUT2D eigenvalue weighted by molar-refractivity contribution is 5.90. The van der Waals surface area contributed by atoms with Crippen molar-refractivity contribution in [3.05, 3.63) is 55.1 Å². The van der Waals surface area contributed by atoms with E-state index in [9.17, 15) is 4.79 Å². The van der Waals surface area contributed by atoms with Crippen molar-refractivity contribution in [2.24, 2.45) is 0 Å². The largest absolute Gasteiger partial charge is 0.340 e. The lowest BCUT2D eigenvalue weighted by molar-refractivity contribution is -0.115. The van der Waals surface area contributed by atoms with Gasteiger partial charge in [-0.25, -0.2) is 14.6 Å². The molecule has 0 aliphatic carbocycles. The maximum Gasteiger partial charge on any atom is 0.224 e. The smallest absolute Gasteiger partial charge is 0.224 e. The number of carbonyl (C=O) groups is 1. The van der Waals surface area contributed by atoms with Crippen LogP contribution in [0.3, 0.4) is 0 Å². The molecule has 2 heterocycles. The minimum Gasteiger partial charge on any atom is -0.340 e. The quantitative estimate of drug-likeness (QED) is 0.757. The second-order valence-corrected chi connectivity index (χ2v) is 4.82. The number of hydrogen-bond donors (Lipinski definition) is 2. The summed E-state index contributed by atoms with van der Waals surface area (Å²) in [5.41, 5.74) is 1.63. The number of amides is 1. The van der Waals surface area contributed by atoms with Crippen LogP contribution >= 0.6 is 0 Å². The van der Waals surface area contributed by atoms with Gasteiger partial charge in [0, 0.05) is 36.3 Å². The molecule has 0 saturated carbocycles. The first kappa shape index (κ1) is 14.7. The summed E-state index contributed by atoms with van der Waals surface area (Å²) in [5, 5.41) is 10.1. The summed E-state index contributed by atoms with van der Waals surface area (Å²) < 4.78 is 1.66. The van der Waals surface area contributed by atoms with Crippen molar-refractivity contribution in [3.8, 4) is 5.82 Å². The fourth-order valence-corrected chi connectivity index (χ4v) is 1.98. The van der Waals surface area contributed by atoms with Crippen LogP contribution < -0.4 is 10.6 Å². The van der Waals surface area contributed by atoms with E-state index in [1.807, 2.05) is 43.5 Å². The van der Waals surface area contributed by atoms with Gasteiger partial charge in [-0.2, -0.15) is 5.10 Å². The van der Waals surface area contributed by atoms with Crippen LogP contribution in [0.2, 0.25) is 0 Å². The fourth-order valence-electron chi connectivity index (χ4n) is 1.98. The number of anilines is 3. The molecule has 7 nitrogen and oxygen atoms in total. The summed E-state index contributed by atoms with van der Waals surface area (Å²) in [5.74, 6) is 1.33. The molecular formula is C16H16N6O. The summed E-state index contributed by atoms with van der Waals surface area (Å²) >= 11 is 0. The normalized spacial score (nSPS) is 10.3. The first-order chi connectivity index (χ1) is 11.2. The topological polar surface area (TPSA) is 84.7 Å². The lowest BCUT2D eigenvalue weighted by Crippen LogP contribution is -2.09. The van der Waals surface area contributed by atoms with Crippen LogP contribution in [0.4, 0.5) is 17.2 Å². The van der Waals surface area contributed by atoms with Crippen molar-refractivity contribution in [1.82, 2.24) is 19.7 Å². The molecule has 0 saturated heterocycles. The summed E-state index contributed by atoms with van der Waals surface area (Å²) in [7, 11) is 0. The van der Waals surface area contributed by atoms with Gasteiger partial charge in [0.1, 0.15) is 12.1 Å². The van der Waals surface area contributed by atoms with E-state index in [0.717, 1.165) is 11.4 Å². The SMILES string of the molecule is CCC(=O)Nc1ccc(Nc2cc(-n3cccn3)ncn2)cc1. The third kappa shape index (κ3) is 3.70. The molecular weight excluding hydrogens is 292 g/mol. The van der Waals surface area contributed by atoms with Crippen molar-refractivity contribution in [3.63, 3.8) is 0 Å². The zero-order valence-corrected chi connectivity index (χ0v) is 12.6. The molecule has 7 heteroatoms. The van der Waals surface area contributed by atoms with Crippen LogP contribution in [0.1, 0.15) is 13.3 Å². The summed E-state index contributed by atoms with van der Waals surface area (Å²) in [6.07, 6.45) is 5.45. The van der Waals surface area contributed by atoms with Gasteiger partial charge in [-0.1, -0.05) is 6.92 Å². The molecule has 116 valence electrons. The van der Waals surface area contributed by atoms with E-state index in [4.69, 9.17) is 0 Å². The minimum absolute atomic E-state index is 0.00891. The van der Waals surface area contributed by atoms with E-state index in [1.165, 1.54) is 6.33 Å². The van der Waals surface area contributed by atoms with Gasteiger partial charge in [0.25, 0.3) is 0 Å². The van der Waals surface area contributed by atoms with Crippen LogP contribution in [0.25, 0.3) is 5.82 Å². The molecule has 0 atom stereocenters. The number of benzene rings is 1. The highest BCUT2D eigenvalue weighted by Crippen LogP contribution is 2.18. The lowest BCUT2D eigenvalue weighted by Gasteiger charge is -2.08. The second kappa shape index (κ2) is 6.69. The summed E-state index contributed by atoms with van der Waals surface area (Å²) in [6.45, 7) is 1.82. The second-order valence-electron chi connectivity index (χ2n) is 4.82. The molecule has 0 fully saturated rings. The Morgan fingerprint density at radius 3 is 2.65 bits per heavy atom. The third-order valence-corrected chi connectivity index (χ3v) is 3.15. The van der Waals surface area contributed by atoms with Gasteiger partial charge in [0.2, 0.25) is 5.91 Å². The Morgan fingerprint density at radius 2 is 1.96 bits per heavy atom. The number of rotatable bonds is 5. The maximum atomic E-state index is 11.4. The summed E-state index contributed by atoms with van der Waals surface area (Å²) in [6, 6.07) is 11.1. The monoisotopic (exact) mass is 308 g/mol. The van der Waals surface area contributed by atoms with E-state index < -0.39 is 0 Å². The van der Waals surface area contributed by atoms with Crippen molar-refractivity contribution in [2.75, 3.05) is 10.6 Å². The number of nitrogens with zero attached hydrogens (tertiary/aromatic N) is 4. The minimum atomic E-state index is -0.00891. The Kier molecular flexibility index (Phi) is 4.28. The molecule has 0 unspecified atom stereocenters. The zero-order valence-electron chi connectivity index (χ0n) is 12.6. The Morgan fingerprint density at radius 1 is 1.17 bits per heavy atom. The van der Waals surface area contributed by atoms with Crippen LogP contribution in [0.15, 0.2) is 55.1 Å². The van der Waals surface area contributed by atoms with Crippen LogP contribution in [0.5, 0.6) is 0 Å². The maximum absolute atomic E-state index is 11.4. The van der Waals surface area contributed by atoms with Gasteiger partial charge in [0.05, 0.1) is 0 Å². The van der Waals surface area contributed by atoms with Crippen LogP contribution in [0, 0.1) is 0 Å². The van der Waals surface area contributed by atoms with E-state index >= 15 is 0 Å². The van der Waals surface area contributed by atoms with Crippen molar-refractivity contribution >= 4 is 23.1 Å². The average molecular weight is 308 g/mol. The average Bonchev–Trinajstić information content (AvgIpc) is 3.11. The van der Waals surface area contributed by atoms with Gasteiger partial charge in [-0.15, -0.1) is 0 Å². The highest BCUT2D eigenvalue weighted by atomic mass is 16.1. The van der Waals surface area contributed by atoms with Crippen molar-refractivity contribution in [2.45, 2.75) is 13.3 Å². The molecule has 2 aromatic heterocycles. The van der Waals surface area contributed by atoms with E-state index in [1.54, 1.807) is 16.9 Å². The van der Waals surface area contributed by atoms with E-state index in [2.05, 4.69) is 25.7 Å². The predicted molar refractivity (Wildman–Crippen MR) is 87.8 cm³/mol. The van der Waals surface area contributed by atoms with E-state index in [0.29, 0.717) is 18.1 Å². The summed E-state index contributed by atoms with van der Waals surface area (Å²) in [4.78, 5) is 19.7. The van der Waals surface area contributed by atoms with Crippen LogP contribution in [-0.4, -0.2) is 25.7 Å². The molecule has 0 bridgehead atoms. The van der Waals surface area contributed by atoms with Crippen molar-refractivity contribution < 1.29 is 4.79 Å². The number of hydrogen-bond acceptors (Lipinski definition) is 5. The molecule has 2 N–H and O–H groups in total. The number of carbonyl (C=O) groups excluding carboxylic acids is 1. The Balaban J connectivity index is 1.72. The van der Waals surface area contributed by atoms with E-state index in [-0.39, 0.29) is 5.91 Å². The zero-order chi connectivity index (χ0) is 16.1. The van der Waals surface area contributed by atoms with Gasteiger partial charge in [-0.05, 0) is 30.3 Å².